The summed E-state index contributed by atoms with van der Waals surface area (Å²) in [6.07, 6.45) is 0.0952. The lowest BCUT2D eigenvalue weighted by atomic mass is 10.0. The number of hydrogen-bond donors (Lipinski definition) is 1. The van der Waals surface area contributed by atoms with E-state index in [4.69, 9.17) is 16.9 Å². The minimum Gasteiger partial charge on any atom is -0.348 e. The number of nitrogens with zero attached hydrogens (tertiary/aromatic N) is 1. The van der Waals surface area contributed by atoms with Gasteiger partial charge in [0.15, 0.2) is 0 Å². The Morgan fingerprint density at radius 3 is 2.67 bits per heavy atom. The third-order valence-corrected chi connectivity index (χ3v) is 2.76. The van der Waals surface area contributed by atoms with E-state index in [1.165, 1.54) is 6.07 Å². The average Bonchev–Trinajstić information content (AvgIpc) is 2.43. The van der Waals surface area contributed by atoms with E-state index >= 15 is 0 Å². The average molecular weight is 269 g/mol. The first-order valence-electron chi connectivity index (χ1n) is 5.61. The van der Waals surface area contributed by atoms with Gasteiger partial charge in [0.1, 0.15) is 6.07 Å². The predicted molar refractivity (Wildman–Crippen MR) is 67.7 cm³/mol. The molecule has 0 aliphatic heterocycles. The van der Waals surface area contributed by atoms with Crippen LogP contribution in [-0.4, -0.2) is 17.5 Å². The first-order chi connectivity index (χ1) is 8.62. The summed E-state index contributed by atoms with van der Waals surface area (Å²) in [6.45, 7) is 0.202. The zero-order valence-electron chi connectivity index (χ0n) is 9.83. The van der Waals surface area contributed by atoms with Gasteiger partial charge in [-0.1, -0.05) is 30.3 Å². The van der Waals surface area contributed by atoms with Crippen molar-refractivity contribution in [3.05, 3.63) is 35.9 Å². The minimum absolute atomic E-state index is 0.187. The van der Waals surface area contributed by atoms with Gasteiger partial charge in [0.2, 0.25) is 0 Å². The Morgan fingerprint density at radius 2 is 2.11 bits per heavy atom. The van der Waals surface area contributed by atoms with Crippen molar-refractivity contribution in [3.63, 3.8) is 0 Å². The molecule has 0 heterocycles. The fourth-order valence-electron chi connectivity index (χ4n) is 1.45. The van der Waals surface area contributed by atoms with E-state index in [9.17, 15) is 9.18 Å². The van der Waals surface area contributed by atoms with Crippen molar-refractivity contribution in [2.75, 3.05) is 5.88 Å². The van der Waals surface area contributed by atoms with E-state index < -0.39 is 11.6 Å². The zero-order valence-corrected chi connectivity index (χ0v) is 10.6. The number of carbonyl (C=O) groups excluding carboxylic acids is 1. The van der Waals surface area contributed by atoms with E-state index in [0.29, 0.717) is 0 Å². The summed E-state index contributed by atoms with van der Waals surface area (Å²) in [4.78, 5) is 11.6. The Morgan fingerprint density at radius 1 is 1.44 bits per heavy atom. The van der Waals surface area contributed by atoms with Crippen LogP contribution in [-0.2, 0) is 11.3 Å². The number of nitrogens with one attached hydrogen (secondary N) is 1. The SMILES string of the molecule is N#CC(F)(CCCCl)C(=O)NCc1ccccc1. The highest BCUT2D eigenvalue weighted by molar-refractivity contribution is 6.17. The molecule has 1 rings (SSSR count). The van der Waals surface area contributed by atoms with Crippen LogP contribution in [0.3, 0.4) is 0 Å². The molecule has 18 heavy (non-hydrogen) atoms. The van der Waals surface area contributed by atoms with Crippen molar-refractivity contribution in [1.82, 2.24) is 5.32 Å². The van der Waals surface area contributed by atoms with Gasteiger partial charge in [-0.15, -0.1) is 11.6 Å². The fraction of sp³-hybridized carbons (Fsp3) is 0.385. The van der Waals surface area contributed by atoms with Crippen molar-refractivity contribution in [2.24, 2.45) is 0 Å². The zero-order chi connectivity index (χ0) is 13.4. The first-order valence-corrected chi connectivity index (χ1v) is 6.14. The molecule has 1 atom stereocenters. The smallest absolute Gasteiger partial charge is 0.273 e. The lowest BCUT2D eigenvalue weighted by Gasteiger charge is -2.16. The molecule has 3 nitrogen and oxygen atoms in total. The Balaban J connectivity index is 2.56. The van der Waals surface area contributed by atoms with Crippen LogP contribution >= 0.6 is 11.6 Å². The number of nitriles is 1. The molecular formula is C13H14ClFN2O. The number of benzene rings is 1. The molecule has 0 aromatic heterocycles. The number of hydrogen-bond acceptors (Lipinski definition) is 2. The second-order valence-corrected chi connectivity index (χ2v) is 4.25. The highest BCUT2D eigenvalue weighted by Crippen LogP contribution is 2.18. The van der Waals surface area contributed by atoms with Gasteiger partial charge in [-0.05, 0) is 12.0 Å². The molecule has 1 aromatic rings. The second kappa shape index (κ2) is 6.97. The molecule has 0 bridgehead atoms. The normalized spacial score (nSPS) is 13.4. The number of carbonyl (C=O) groups is 1. The van der Waals surface area contributed by atoms with Gasteiger partial charge in [0.25, 0.3) is 11.6 Å². The Labute approximate surface area is 111 Å². The van der Waals surface area contributed by atoms with Gasteiger partial charge < -0.3 is 5.32 Å². The van der Waals surface area contributed by atoms with Gasteiger partial charge in [-0.25, -0.2) is 4.39 Å². The number of alkyl halides is 2. The van der Waals surface area contributed by atoms with E-state index in [1.807, 2.05) is 30.3 Å². The molecule has 0 spiro atoms. The topological polar surface area (TPSA) is 52.9 Å². The van der Waals surface area contributed by atoms with E-state index in [-0.39, 0.29) is 25.3 Å². The maximum Gasteiger partial charge on any atom is 0.273 e. The summed E-state index contributed by atoms with van der Waals surface area (Å²) in [6, 6.07) is 10.5. The minimum atomic E-state index is -2.50. The molecule has 1 amide bonds. The van der Waals surface area contributed by atoms with Crippen molar-refractivity contribution in [3.8, 4) is 6.07 Å². The highest BCUT2D eigenvalue weighted by Gasteiger charge is 2.37. The molecule has 0 aliphatic rings. The molecule has 0 saturated carbocycles. The van der Waals surface area contributed by atoms with Crippen LogP contribution in [0, 0.1) is 11.3 Å². The van der Waals surface area contributed by atoms with Crippen LogP contribution in [0.25, 0.3) is 0 Å². The van der Waals surface area contributed by atoms with Gasteiger partial charge >= 0.3 is 0 Å². The van der Waals surface area contributed by atoms with Crippen LogP contribution in [0.15, 0.2) is 30.3 Å². The summed E-state index contributed by atoms with van der Waals surface area (Å²) >= 11 is 5.43. The largest absolute Gasteiger partial charge is 0.348 e. The Bertz CT molecular complexity index is 432. The lowest BCUT2D eigenvalue weighted by Crippen LogP contribution is -2.42. The van der Waals surface area contributed by atoms with Gasteiger partial charge in [0.05, 0.1) is 0 Å². The fourth-order valence-corrected chi connectivity index (χ4v) is 1.58. The van der Waals surface area contributed by atoms with Crippen molar-refractivity contribution < 1.29 is 9.18 Å². The van der Waals surface area contributed by atoms with Crippen LogP contribution in [0.1, 0.15) is 18.4 Å². The van der Waals surface area contributed by atoms with E-state index in [0.717, 1.165) is 5.56 Å². The molecular weight excluding hydrogens is 255 g/mol. The summed E-state index contributed by atoms with van der Waals surface area (Å²) in [5.41, 5.74) is -1.65. The van der Waals surface area contributed by atoms with Crippen LogP contribution in [0.4, 0.5) is 4.39 Å². The molecule has 96 valence electrons. The second-order valence-electron chi connectivity index (χ2n) is 3.87. The third kappa shape index (κ3) is 4.01. The molecule has 0 aliphatic carbocycles. The maximum atomic E-state index is 14.0. The van der Waals surface area contributed by atoms with Crippen molar-refractivity contribution in [1.29, 1.82) is 5.26 Å². The van der Waals surface area contributed by atoms with E-state index in [1.54, 1.807) is 0 Å². The van der Waals surface area contributed by atoms with Crippen LogP contribution < -0.4 is 5.32 Å². The molecule has 5 heteroatoms. The molecule has 1 unspecified atom stereocenters. The monoisotopic (exact) mass is 268 g/mol. The molecule has 0 radical (unpaired) electrons. The van der Waals surface area contributed by atoms with Gasteiger partial charge in [0, 0.05) is 18.8 Å². The Kier molecular flexibility index (Phi) is 5.60. The standard InChI is InChI=1S/C13H14ClFN2O/c14-8-4-7-13(15,10-16)12(18)17-9-11-5-2-1-3-6-11/h1-3,5-6H,4,7-9H2,(H,17,18). The van der Waals surface area contributed by atoms with E-state index in [2.05, 4.69) is 5.32 Å². The van der Waals surface area contributed by atoms with Crippen molar-refractivity contribution >= 4 is 17.5 Å². The maximum absolute atomic E-state index is 14.0. The predicted octanol–water partition coefficient (Wildman–Crippen LogP) is 2.55. The van der Waals surface area contributed by atoms with Gasteiger partial charge in [-0.2, -0.15) is 5.26 Å². The molecule has 1 aromatic carbocycles. The number of amides is 1. The molecule has 1 N–H and O–H groups in total. The summed E-state index contributed by atoms with van der Waals surface area (Å²) in [7, 11) is 0. The van der Waals surface area contributed by atoms with Gasteiger partial charge in [-0.3, -0.25) is 4.79 Å². The quantitative estimate of drug-likeness (QED) is 0.806. The van der Waals surface area contributed by atoms with Crippen LogP contribution in [0.2, 0.25) is 0 Å². The molecule has 0 fully saturated rings. The first kappa shape index (κ1) is 14.5. The molecule has 0 saturated heterocycles. The third-order valence-electron chi connectivity index (χ3n) is 2.49. The summed E-state index contributed by atoms with van der Waals surface area (Å²) in [5, 5.41) is 11.2. The summed E-state index contributed by atoms with van der Waals surface area (Å²) in [5.74, 6) is -0.682. The number of rotatable bonds is 6. The Hall–Kier alpha value is -1.60. The van der Waals surface area contributed by atoms with Crippen LogP contribution in [0.5, 0.6) is 0 Å². The number of halogens is 2. The van der Waals surface area contributed by atoms with Crippen molar-refractivity contribution in [2.45, 2.75) is 25.1 Å². The summed E-state index contributed by atoms with van der Waals surface area (Å²) < 4.78 is 14.0. The highest BCUT2D eigenvalue weighted by atomic mass is 35.5. The lowest BCUT2D eigenvalue weighted by molar-refractivity contribution is -0.130.